The molecule has 4 rings (SSSR count). The van der Waals surface area contributed by atoms with Gasteiger partial charge in [-0.1, -0.05) is 0 Å². The van der Waals surface area contributed by atoms with Crippen LogP contribution in [0.25, 0.3) is 22.7 Å². The molecular formula is C20H21N7O9. The first-order valence-electron chi connectivity index (χ1n) is 10.5. The van der Waals surface area contributed by atoms with Crippen molar-refractivity contribution in [1.29, 1.82) is 0 Å². The first-order chi connectivity index (χ1) is 17.3. The van der Waals surface area contributed by atoms with Crippen LogP contribution in [0.4, 0.5) is 5.82 Å². The highest BCUT2D eigenvalue weighted by atomic mass is 16.6. The number of nitrogens with one attached hydrogen (secondary N) is 1. The van der Waals surface area contributed by atoms with Crippen LogP contribution >= 0.6 is 0 Å². The standard InChI is InChI=1S/C20H21N7O9/c1-2-35-20(34)9-4-23-26-11(9)16-24-15(21-3-8(5-28)19(32)33)12-17(25-16)27(7-22-12)18-14(31)13(30)10(6-29)36-18/h3-5,7,10,13-14,18,28-31H,2,6H2,1H3,(H,23,26)(H,32,33)/t10-,13?,14?,18?/m1/s1. The van der Waals surface area contributed by atoms with Gasteiger partial charge in [0.15, 0.2) is 29.0 Å². The van der Waals surface area contributed by atoms with E-state index in [1.165, 1.54) is 17.1 Å². The van der Waals surface area contributed by atoms with E-state index in [1.807, 2.05) is 0 Å². The summed E-state index contributed by atoms with van der Waals surface area (Å²) in [4.78, 5) is 40.4. The Labute approximate surface area is 201 Å². The lowest BCUT2D eigenvalue weighted by Crippen LogP contribution is -2.33. The van der Waals surface area contributed by atoms with E-state index in [0.29, 0.717) is 6.26 Å². The molecule has 36 heavy (non-hydrogen) atoms. The number of nitrogens with zero attached hydrogens (tertiary/aromatic N) is 6. The number of fused-ring (bicyclic) bond motifs is 1. The van der Waals surface area contributed by atoms with Crippen molar-refractivity contribution in [2.75, 3.05) is 13.2 Å². The van der Waals surface area contributed by atoms with Crippen LogP contribution in [0.3, 0.4) is 0 Å². The molecule has 0 bridgehead atoms. The van der Waals surface area contributed by atoms with Crippen LogP contribution < -0.4 is 0 Å². The van der Waals surface area contributed by atoms with Gasteiger partial charge >= 0.3 is 11.9 Å². The van der Waals surface area contributed by atoms with Gasteiger partial charge in [-0.3, -0.25) is 9.67 Å². The summed E-state index contributed by atoms with van der Waals surface area (Å²) >= 11 is 0. The van der Waals surface area contributed by atoms with Crippen LogP contribution in [0.2, 0.25) is 0 Å². The van der Waals surface area contributed by atoms with Gasteiger partial charge in [-0.05, 0) is 6.92 Å². The minimum absolute atomic E-state index is 0.00610. The maximum atomic E-state index is 12.4. The molecule has 4 heterocycles. The van der Waals surface area contributed by atoms with Crippen LogP contribution in [0.1, 0.15) is 23.5 Å². The molecule has 0 aromatic carbocycles. The smallest absolute Gasteiger partial charge is 0.342 e. The third-order valence-corrected chi connectivity index (χ3v) is 5.26. The van der Waals surface area contributed by atoms with Crippen molar-refractivity contribution in [1.82, 2.24) is 29.7 Å². The number of aromatic amines is 1. The van der Waals surface area contributed by atoms with E-state index >= 15 is 0 Å². The summed E-state index contributed by atoms with van der Waals surface area (Å²) in [6.07, 6.45) is -1.52. The zero-order valence-corrected chi connectivity index (χ0v) is 18.6. The molecule has 6 N–H and O–H groups in total. The van der Waals surface area contributed by atoms with E-state index in [9.17, 15) is 24.9 Å². The van der Waals surface area contributed by atoms with Crippen LogP contribution in [0.15, 0.2) is 29.4 Å². The third kappa shape index (κ3) is 4.40. The summed E-state index contributed by atoms with van der Waals surface area (Å²) in [5, 5.41) is 54.8. The van der Waals surface area contributed by atoms with E-state index in [-0.39, 0.29) is 40.7 Å². The van der Waals surface area contributed by atoms with Gasteiger partial charge in [0.05, 0.1) is 32.0 Å². The number of aliphatic hydroxyl groups excluding tert-OH is 4. The average Bonchev–Trinajstić information content (AvgIpc) is 3.57. The van der Waals surface area contributed by atoms with Gasteiger partial charge in [0.2, 0.25) is 0 Å². The summed E-state index contributed by atoms with van der Waals surface area (Å²) in [6, 6.07) is 0. The zero-order chi connectivity index (χ0) is 26.0. The highest BCUT2D eigenvalue weighted by Gasteiger charge is 2.44. The predicted molar refractivity (Wildman–Crippen MR) is 118 cm³/mol. The summed E-state index contributed by atoms with van der Waals surface area (Å²) in [7, 11) is 0. The molecule has 0 spiro atoms. The average molecular weight is 503 g/mol. The number of carbonyl (C=O) groups is 2. The molecule has 3 aromatic heterocycles. The normalized spacial score (nSPS) is 22.5. The molecule has 3 aromatic rings. The van der Waals surface area contributed by atoms with Crippen molar-refractivity contribution < 1.29 is 44.6 Å². The highest BCUT2D eigenvalue weighted by molar-refractivity contribution is 6.09. The minimum Gasteiger partial charge on any atom is -0.515 e. The van der Waals surface area contributed by atoms with Crippen LogP contribution in [0, 0.1) is 0 Å². The summed E-state index contributed by atoms with van der Waals surface area (Å²) in [6.45, 7) is 1.17. The molecule has 1 fully saturated rings. The maximum Gasteiger partial charge on any atom is 0.342 e. The number of aliphatic hydroxyl groups is 4. The van der Waals surface area contributed by atoms with Crippen molar-refractivity contribution in [3.63, 3.8) is 0 Å². The fourth-order valence-electron chi connectivity index (χ4n) is 3.49. The van der Waals surface area contributed by atoms with E-state index in [4.69, 9.17) is 19.7 Å². The van der Waals surface area contributed by atoms with Crippen LogP contribution in [-0.4, -0.2) is 105 Å². The predicted octanol–water partition coefficient (Wildman–Crippen LogP) is -0.767. The highest BCUT2D eigenvalue weighted by Crippen LogP contribution is 2.34. The van der Waals surface area contributed by atoms with Gasteiger partial charge in [0.1, 0.15) is 35.1 Å². The molecule has 0 saturated carbocycles. The van der Waals surface area contributed by atoms with Gasteiger partial charge < -0.3 is 35.0 Å². The molecule has 4 atom stereocenters. The molecule has 16 heteroatoms. The van der Waals surface area contributed by atoms with Crippen molar-refractivity contribution in [3.05, 3.63) is 29.9 Å². The van der Waals surface area contributed by atoms with E-state index in [0.717, 1.165) is 6.21 Å². The number of ether oxygens (including phenoxy) is 2. The third-order valence-electron chi connectivity index (χ3n) is 5.26. The lowest BCUT2D eigenvalue weighted by molar-refractivity contribution is -0.132. The number of aromatic nitrogens is 6. The second-order valence-corrected chi connectivity index (χ2v) is 7.45. The molecule has 3 unspecified atom stereocenters. The Morgan fingerprint density at radius 1 is 1.31 bits per heavy atom. The Morgan fingerprint density at radius 2 is 2.08 bits per heavy atom. The van der Waals surface area contributed by atoms with E-state index in [2.05, 4.69) is 30.1 Å². The zero-order valence-electron chi connectivity index (χ0n) is 18.6. The monoisotopic (exact) mass is 503 g/mol. The Kier molecular flexibility index (Phi) is 7.02. The van der Waals surface area contributed by atoms with Crippen molar-refractivity contribution in [2.24, 2.45) is 4.99 Å². The van der Waals surface area contributed by atoms with Crippen molar-refractivity contribution in [3.8, 4) is 11.5 Å². The minimum atomic E-state index is -1.46. The topological polar surface area (TPSA) is 238 Å². The number of H-pyrrole nitrogens is 1. The number of hydrogen-bond acceptors (Lipinski definition) is 13. The number of rotatable bonds is 8. The van der Waals surface area contributed by atoms with Gasteiger partial charge in [-0.2, -0.15) is 5.10 Å². The first kappa shape index (κ1) is 24.9. The number of carboxylic acid groups (broad SMARTS) is 1. The lowest BCUT2D eigenvalue weighted by Gasteiger charge is -2.16. The fraction of sp³-hybridized carbons (Fsp3) is 0.350. The number of esters is 1. The van der Waals surface area contributed by atoms with Gasteiger partial charge in [0.25, 0.3) is 0 Å². The van der Waals surface area contributed by atoms with Crippen LogP contribution in [-0.2, 0) is 14.3 Å². The number of aliphatic carboxylic acids is 1. The Balaban J connectivity index is 1.89. The maximum absolute atomic E-state index is 12.4. The van der Waals surface area contributed by atoms with E-state index in [1.54, 1.807) is 6.92 Å². The van der Waals surface area contributed by atoms with Crippen molar-refractivity contribution in [2.45, 2.75) is 31.5 Å². The largest absolute Gasteiger partial charge is 0.515 e. The molecule has 0 aliphatic carbocycles. The SMILES string of the molecule is CCOC(=O)c1cn[nH]c1-c1nc(N=CC(=CO)C(=O)O)c2ncn(C3O[C@H](CO)C(O)C3O)c2n1. The number of aliphatic imine (C=N–C) groups is 1. The summed E-state index contributed by atoms with van der Waals surface area (Å²) < 4.78 is 11.8. The lowest BCUT2D eigenvalue weighted by atomic mass is 10.1. The number of carbonyl (C=O) groups excluding carboxylic acids is 1. The second-order valence-electron chi connectivity index (χ2n) is 7.45. The molecule has 1 aliphatic rings. The van der Waals surface area contributed by atoms with Crippen LogP contribution in [0.5, 0.6) is 0 Å². The van der Waals surface area contributed by atoms with Gasteiger partial charge in [0, 0.05) is 6.21 Å². The van der Waals surface area contributed by atoms with E-state index < -0.39 is 48.7 Å². The molecule has 0 amide bonds. The van der Waals surface area contributed by atoms with Gasteiger partial charge in [-0.25, -0.2) is 29.5 Å². The fourth-order valence-corrected chi connectivity index (χ4v) is 3.49. The number of carboxylic acids is 1. The van der Waals surface area contributed by atoms with Gasteiger partial charge in [-0.15, -0.1) is 0 Å². The summed E-state index contributed by atoms with van der Waals surface area (Å²) in [5.41, 5.74) is -0.438. The Hall–Kier alpha value is -4.25. The molecular weight excluding hydrogens is 482 g/mol. The summed E-state index contributed by atoms with van der Waals surface area (Å²) in [5.74, 6) is -2.44. The second kappa shape index (κ2) is 10.2. The number of hydrogen-bond donors (Lipinski definition) is 6. The molecule has 1 aliphatic heterocycles. The quantitative estimate of drug-likeness (QED) is 0.0959. The Morgan fingerprint density at radius 3 is 2.72 bits per heavy atom. The molecule has 16 nitrogen and oxygen atoms in total. The molecule has 1 saturated heterocycles. The molecule has 190 valence electrons. The molecule has 0 radical (unpaired) electrons. The first-order valence-corrected chi connectivity index (χ1v) is 10.5. The van der Waals surface area contributed by atoms with Crippen molar-refractivity contribution >= 4 is 35.1 Å². The number of imidazole rings is 1. The Bertz CT molecular complexity index is 1350.